The number of benzene rings is 2. The molecular weight excluding hydrogens is 470 g/mol. The largest absolute Gasteiger partial charge is 0.480 e. The van der Waals surface area contributed by atoms with E-state index in [9.17, 15) is 25.2 Å². The van der Waals surface area contributed by atoms with Crippen molar-refractivity contribution in [2.45, 2.75) is 67.6 Å². The summed E-state index contributed by atoms with van der Waals surface area (Å²) in [6.45, 7) is 2.46. The predicted molar refractivity (Wildman–Crippen MR) is 134 cm³/mol. The highest BCUT2D eigenvalue weighted by Gasteiger charge is 2.43. The van der Waals surface area contributed by atoms with Crippen LogP contribution >= 0.6 is 11.8 Å². The summed E-state index contributed by atoms with van der Waals surface area (Å²) in [6, 6.07) is 13.9. The number of ether oxygens (including phenoxy) is 1. The van der Waals surface area contributed by atoms with Crippen molar-refractivity contribution in [2.75, 3.05) is 19.4 Å². The van der Waals surface area contributed by atoms with Crippen LogP contribution in [0.4, 0.5) is 0 Å². The van der Waals surface area contributed by atoms with Crippen molar-refractivity contribution in [2.24, 2.45) is 0 Å². The van der Waals surface area contributed by atoms with Gasteiger partial charge in [-0.15, -0.1) is 11.8 Å². The molecule has 0 aliphatic carbocycles. The SMILES string of the molecule is CSc1ccc(Cc2cc(C3OC(CO)C(O)C(O)C3O)ccc2C)cc1.O=C(O)[C@@H]1CCCN1. The van der Waals surface area contributed by atoms with Gasteiger partial charge in [-0.1, -0.05) is 30.3 Å². The lowest BCUT2D eigenvalue weighted by molar-refractivity contribution is -0.231. The minimum absolute atomic E-state index is 0.269. The van der Waals surface area contributed by atoms with Crippen molar-refractivity contribution in [3.05, 3.63) is 64.7 Å². The molecule has 4 rings (SSSR count). The molecule has 2 aliphatic rings. The second-order valence-corrected chi connectivity index (χ2v) is 9.83. The van der Waals surface area contributed by atoms with E-state index in [0.717, 1.165) is 36.9 Å². The number of thioether (sulfide) groups is 1. The van der Waals surface area contributed by atoms with Crippen molar-refractivity contribution < 1.29 is 35.1 Å². The van der Waals surface area contributed by atoms with Gasteiger partial charge in [0, 0.05) is 4.90 Å². The molecule has 6 atom stereocenters. The first-order valence-corrected chi connectivity index (χ1v) is 13.0. The van der Waals surface area contributed by atoms with E-state index in [1.54, 1.807) is 11.8 Å². The van der Waals surface area contributed by atoms with Crippen LogP contribution in [0.2, 0.25) is 0 Å². The summed E-state index contributed by atoms with van der Waals surface area (Å²) in [4.78, 5) is 11.4. The van der Waals surface area contributed by atoms with Gasteiger partial charge in [-0.3, -0.25) is 4.79 Å². The van der Waals surface area contributed by atoms with E-state index in [2.05, 4.69) is 29.6 Å². The van der Waals surface area contributed by atoms with Crippen molar-refractivity contribution >= 4 is 17.7 Å². The van der Waals surface area contributed by atoms with Gasteiger partial charge < -0.3 is 35.6 Å². The highest BCUT2D eigenvalue weighted by atomic mass is 32.2. The fraction of sp³-hybridized carbons (Fsp3) is 0.500. The Morgan fingerprint density at radius 3 is 2.34 bits per heavy atom. The fourth-order valence-corrected chi connectivity index (χ4v) is 4.70. The normalized spacial score (nSPS) is 28.3. The second-order valence-electron chi connectivity index (χ2n) is 8.95. The molecule has 2 aromatic rings. The van der Waals surface area contributed by atoms with Gasteiger partial charge in [0.25, 0.3) is 0 Å². The molecule has 0 saturated carbocycles. The van der Waals surface area contributed by atoms with Crippen molar-refractivity contribution in [1.82, 2.24) is 5.32 Å². The van der Waals surface area contributed by atoms with Gasteiger partial charge in [-0.25, -0.2) is 0 Å². The zero-order valence-corrected chi connectivity index (χ0v) is 20.8. The maximum absolute atomic E-state index is 10.4. The predicted octanol–water partition coefficient (Wildman–Crippen LogP) is 1.65. The minimum atomic E-state index is -1.37. The van der Waals surface area contributed by atoms with Crippen LogP contribution in [0.3, 0.4) is 0 Å². The first kappa shape index (κ1) is 27.6. The molecule has 35 heavy (non-hydrogen) atoms. The van der Waals surface area contributed by atoms with Crippen molar-refractivity contribution in [3.63, 3.8) is 0 Å². The topological polar surface area (TPSA) is 139 Å². The number of hydrogen-bond acceptors (Lipinski definition) is 8. The van der Waals surface area contributed by atoms with Crippen LogP contribution in [-0.2, 0) is 16.0 Å². The molecule has 6 N–H and O–H groups in total. The summed E-state index contributed by atoms with van der Waals surface area (Å²) in [6.07, 6.45) is -1.12. The molecule has 8 nitrogen and oxygen atoms in total. The molecule has 192 valence electrons. The maximum atomic E-state index is 10.4. The Morgan fingerprint density at radius 2 is 1.80 bits per heavy atom. The lowest BCUT2D eigenvalue weighted by Crippen LogP contribution is -2.55. The van der Waals surface area contributed by atoms with Crippen LogP contribution in [0, 0.1) is 6.92 Å². The van der Waals surface area contributed by atoms with E-state index in [0.29, 0.717) is 5.56 Å². The molecule has 2 aromatic carbocycles. The molecule has 5 unspecified atom stereocenters. The van der Waals surface area contributed by atoms with Crippen LogP contribution in [0.15, 0.2) is 47.4 Å². The average molecular weight is 506 g/mol. The smallest absolute Gasteiger partial charge is 0.320 e. The first-order valence-electron chi connectivity index (χ1n) is 11.7. The monoisotopic (exact) mass is 505 g/mol. The van der Waals surface area contributed by atoms with Crippen molar-refractivity contribution in [1.29, 1.82) is 0 Å². The van der Waals surface area contributed by atoms with Crippen LogP contribution in [-0.4, -0.2) is 81.4 Å². The number of hydrogen-bond donors (Lipinski definition) is 6. The number of aliphatic hydroxyl groups is 4. The summed E-state index contributed by atoms with van der Waals surface area (Å²) in [5.74, 6) is -0.720. The van der Waals surface area contributed by atoms with E-state index >= 15 is 0 Å². The molecule has 0 aromatic heterocycles. The van der Waals surface area contributed by atoms with Gasteiger partial charge in [0.05, 0.1) is 6.61 Å². The molecule has 0 spiro atoms. The first-order chi connectivity index (χ1) is 16.7. The number of carbonyl (C=O) groups is 1. The summed E-state index contributed by atoms with van der Waals surface area (Å²) in [7, 11) is 0. The van der Waals surface area contributed by atoms with Crippen LogP contribution in [0.5, 0.6) is 0 Å². The van der Waals surface area contributed by atoms with Gasteiger partial charge >= 0.3 is 5.97 Å². The highest BCUT2D eigenvalue weighted by Crippen LogP contribution is 2.33. The quantitative estimate of drug-likeness (QED) is 0.323. The molecule has 9 heteroatoms. The average Bonchev–Trinajstić information content (AvgIpc) is 3.41. The number of aliphatic carboxylic acids is 1. The molecule has 0 amide bonds. The summed E-state index contributed by atoms with van der Waals surface area (Å²) >= 11 is 1.70. The molecule has 2 fully saturated rings. The molecular formula is C26H35NO7S. The van der Waals surface area contributed by atoms with Gasteiger partial charge in [-0.2, -0.15) is 0 Å². The molecule has 0 bridgehead atoms. The van der Waals surface area contributed by atoms with E-state index in [1.807, 2.05) is 31.4 Å². The third-order valence-electron chi connectivity index (χ3n) is 6.51. The Hall–Kier alpha value is -1.98. The number of rotatable bonds is 6. The van der Waals surface area contributed by atoms with Gasteiger partial charge in [0.2, 0.25) is 0 Å². The van der Waals surface area contributed by atoms with Crippen molar-refractivity contribution in [3.8, 4) is 0 Å². The highest BCUT2D eigenvalue weighted by molar-refractivity contribution is 7.98. The van der Waals surface area contributed by atoms with Gasteiger partial charge in [0.1, 0.15) is 36.6 Å². The number of nitrogens with one attached hydrogen (secondary N) is 1. The standard InChI is InChI=1S/C21H26O5S.C5H9NO2/c1-12-3-6-14(21-20(25)19(24)18(23)17(11-22)26-21)10-15(12)9-13-4-7-16(27-2)8-5-13;7-5(8)4-2-1-3-6-4/h3-8,10,17-25H,9,11H2,1-2H3;4,6H,1-3H2,(H,7,8)/t;4-/m.0/s1. The van der Waals surface area contributed by atoms with Gasteiger partial charge in [0.15, 0.2) is 0 Å². The Labute approximate surface area is 210 Å². The van der Waals surface area contributed by atoms with E-state index in [1.165, 1.54) is 10.5 Å². The van der Waals surface area contributed by atoms with Crippen LogP contribution in [0.1, 0.15) is 41.2 Å². The third kappa shape index (κ3) is 7.04. The minimum Gasteiger partial charge on any atom is -0.480 e. The lowest BCUT2D eigenvalue weighted by atomic mass is 9.89. The second kappa shape index (κ2) is 12.8. The Kier molecular flexibility index (Phi) is 10.1. The molecule has 2 heterocycles. The fourth-order valence-electron chi connectivity index (χ4n) is 4.29. The van der Waals surface area contributed by atoms with E-state index in [-0.39, 0.29) is 6.04 Å². The van der Waals surface area contributed by atoms with E-state index < -0.39 is 43.1 Å². The summed E-state index contributed by atoms with van der Waals surface area (Å²) in [5.41, 5.74) is 4.12. The third-order valence-corrected chi connectivity index (χ3v) is 7.25. The molecule has 0 radical (unpaired) electrons. The van der Waals surface area contributed by atoms with E-state index in [4.69, 9.17) is 9.84 Å². The number of carboxylic acids is 1. The van der Waals surface area contributed by atoms with Crippen LogP contribution < -0.4 is 5.32 Å². The van der Waals surface area contributed by atoms with Crippen LogP contribution in [0.25, 0.3) is 0 Å². The zero-order valence-electron chi connectivity index (χ0n) is 20.0. The lowest BCUT2D eigenvalue weighted by Gasteiger charge is -2.40. The molecule has 2 saturated heterocycles. The zero-order chi connectivity index (χ0) is 25.5. The van der Waals surface area contributed by atoms with Gasteiger partial charge in [-0.05, 0) is 73.4 Å². The Bertz CT molecular complexity index is 963. The maximum Gasteiger partial charge on any atom is 0.320 e. The molecule has 2 aliphatic heterocycles. The number of carboxylic acid groups (broad SMARTS) is 1. The Morgan fingerprint density at radius 1 is 1.09 bits per heavy atom. The number of aliphatic hydroxyl groups excluding tert-OH is 4. The summed E-state index contributed by atoms with van der Waals surface area (Å²) < 4.78 is 5.68. The summed E-state index contributed by atoms with van der Waals surface area (Å²) in [5, 5.41) is 51.0. The Balaban J connectivity index is 0.000000363. The number of aryl methyl sites for hydroxylation is 1.